The highest BCUT2D eigenvalue weighted by Gasteiger charge is 2.15. The SMILES string of the molecule is Cc1cccc(Cc2cnc(NC(=O)C(C)n3ccnc3)s2)c1. The van der Waals surface area contributed by atoms with Gasteiger partial charge in [0.15, 0.2) is 5.13 Å². The van der Waals surface area contributed by atoms with Crippen LogP contribution in [0.1, 0.15) is 29.0 Å². The molecule has 0 saturated heterocycles. The van der Waals surface area contributed by atoms with E-state index >= 15 is 0 Å². The largest absolute Gasteiger partial charge is 0.325 e. The minimum absolute atomic E-state index is 0.0977. The van der Waals surface area contributed by atoms with Crippen molar-refractivity contribution < 1.29 is 4.79 Å². The summed E-state index contributed by atoms with van der Waals surface area (Å²) >= 11 is 1.51. The average Bonchev–Trinajstić information content (AvgIpc) is 3.18. The number of hydrogen-bond donors (Lipinski definition) is 1. The van der Waals surface area contributed by atoms with E-state index in [1.807, 2.05) is 13.1 Å². The molecule has 0 bridgehead atoms. The Morgan fingerprint density at radius 3 is 3.04 bits per heavy atom. The number of amides is 1. The molecule has 0 radical (unpaired) electrons. The normalized spacial score (nSPS) is 12.1. The molecular weight excluding hydrogens is 308 g/mol. The number of benzene rings is 1. The van der Waals surface area contributed by atoms with Crippen molar-refractivity contribution in [3.8, 4) is 0 Å². The molecule has 1 amide bonds. The van der Waals surface area contributed by atoms with Gasteiger partial charge in [0, 0.05) is 29.9 Å². The molecule has 0 aliphatic carbocycles. The van der Waals surface area contributed by atoms with Crippen molar-refractivity contribution in [2.45, 2.75) is 26.3 Å². The maximum Gasteiger partial charge on any atom is 0.248 e. The third-order valence-electron chi connectivity index (χ3n) is 3.60. The summed E-state index contributed by atoms with van der Waals surface area (Å²) in [6, 6.07) is 8.09. The molecule has 0 saturated carbocycles. The van der Waals surface area contributed by atoms with Gasteiger partial charge in [-0.1, -0.05) is 29.8 Å². The van der Waals surface area contributed by atoms with E-state index in [1.165, 1.54) is 22.5 Å². The lowest BCUT2D eigenvalue weighted by atomic mass is 10.1. The molecule has 1 N–H and O–H groups in total. The van der Waals surface area contributed by atoms with Crippen molar-refractivity contribution in [2.75, 3.05) is 5.32 Å². The van der Waals surface area contributed by atoms with Crippen LogP contribution in [0, 0.1) is 6.92 Å². The Labute approximate surface area is 139 Å². The van der Waals surface area contributed by atoms with Crippen LogP contribution in [0.5, 0.6) is 0 Å². The van der Waals surface area contributed by atoms with Crippen LogP contribution in [0.15, 0.2) is 49.2 Å². The fraction of sp³-hybridized carbons (Fsp3) is 0.235. The van der Waals surface area contributed by atoms with Gasteiger partial charge in [0.2, 0.25) is 5.91 Å². The number of carbonyl (C=O) groups excluding carboxylic acids is 1. The van der Waals surface area contributed by atoms with Gasteiger partial charge in [-0.2, -0.15) is 0 Å². The Balaban J connectivity index is 1.64. The maximum absolute atomic E-state index is 12.2. The predicted octanol–water partition coefficient (Wildman–Crippen LogP) is 3.44. The van der Waals surface area contributed by atoms with Crippen molar-refractivity contribution in [3.63, 3.8) is 0 Å². The number of aromatic nitrogens is 3. The van der Waals surface area contributed by atoms with Crippen molar-refractivity contribution in [3.05, 3.63) is 65.2 Å². The first-order valence-electron chi connectivity index (χ1n) is 7.40. The summed E-state index contributed by atoms with van der Waals surface area (Å²) in [5, 5.41) is 3.50. The molecule has 1 unspecified atom stereocenters. The van der Waals surface area contributed by atoms with Crippen LogP contribution >= 0.6 is 11.3 Å². The minimum Gasteiger partial charge on any atom is -0.325 e. The van der Waals surface area contributed by atoms with Crippen LogP contribution in [0.2, 0.25) is 0 Å². The van der Waals surface area contributed by atoms with E-state index in [0.717, 1.165) is 11.3 Å². The van der Waals surface area contributed by atoms with E-state index < -0.39 is 0 Å². The summed E-state index contributed by atoms with van der Waals surface area (Å²) in [5.41, 5.74) is 2.49. The van der Waals surface area contributed by atoms with Gasteiger partial charge in [-0.05, 0) is 19.4 Å². The zero-order valence-electron chi connectivity index (χ0n) is 13.1. The second-order valence-electron chi connectivity index (χ2n) is 5.47. The Bertz CT molecular complexity index is 795. The molecule has 2 aromatic heterocycles. The molecule has 23 heavy (non-hydrogen) atoms. The van der Waals surface area contributed by atoms with Gasteiger partial charge in [0.25, 0.3) is 0 Å². The van der Waals surface area contributed by atoms with Crippen LogP contribution < -0.4 is 5.32 Å². The maximum atomic E-state index is 12.2. The Hall–Kier alpha value is -2.47. The first-order chi connectivity index (χ1) is 11.1. The lowest BCUT2D eigenvalue weighted by Crippen LogP contribution is -2.22. The minimum atomic E-state index is -0.318. The molecule has 1 aromatic carbocycles. The summed E-state index contributed by atoms with van der Waals surface area (Å²) in [6.07, 6.45) is 7.72. The van der Waals surface area contributed by atoms with E-state index in [2.05, 4.69) is 46.5 Å². The molecule has 0 aliphatic heterocycles. The molecule has 0 aliphatic rings. The Kier molecular flexibility index (Phi) is 4.52. The summed E-state index contributed by atoms with van der Waals surface area (Å²) in [5.74, 6) is -0.0977. The van der Waals surface area contributed by atoms with Crippen LogP contribution in [0.4, 0.5) is 5.13 Å². The molecular formula is C17H18N4OS. The highest BCUT2D eigenvalue weighted by atomic mass is 32.1. The first kappa shape index (κ1) is 15.4. The number of imidazole rings is 1. The van der Waals surface area contributed by atoms with Crippen molar-refractivity contribution in [1.82, 2.24) is 14.5 Å². The van der Waals surface area contributed by atoms with E-state index in [-0.39, 0.29) is 11.9 Å². The number of thiazole rings is 1. The van der Waals surface area contributed by atoms with Crippen LogP contribution in [-0.4, -0.2) is 20.4 Å². The second-order valence-corrected chi connectivity index (χ2v) is 6.59. The standard InChI is InChI=1S/C17H18N4OS/c1-12-4-3-5-14(8-12)9-15-10-19-17(23-15)20-16(22)13(2)21-7-6-18-11-21/h3-8,10-11,13H,9H2,1-2H3,(H,19,20,22). The van der Waals surface area contributed by atoms with Gasteiger partial charge in [-0.3, -0.25) is 4.79 Å². The molecule has 0 fully saturated rings. The van der Waals surface area contributed by atoms with Gasteiger partial charge in [-0.15, -0.1) is 11.3 Å². The third-order valence-corrected chi connectivity index (χ3v) is 4.51. The van der Waals surface area contributed by atoms with Crippen LogP contribution in [0.3, 0.4) is 0 Å². The molecule has 118 valence electrons. The van der Waals surface area contributed by atoms with Gasteiger partial charge in [0.05, 0.1) is 6.33 Å². The van der Waals surface area contributed by atoms with Gasteiger partial charge < -0.3 is 9.88 Å². The number of nitrogens with zero attached hydrogens (tertiary/aromatic N) is 3. The lowest BCUT2D eigenvalue weighted by molar-refractivity contribution is -0.118. The second kappa shape index (κ2) is 6.75. The molecule has 0 spiro atoms. The van der Waals surface area contributed by atoms with Crippen molar-refractivity contribution in [1.29, 1.82) is 0 Å². The topological polar surface area (TPSA) is 59.8 Å². The van der Waals surface area contributed by atoms with Crippen molar-refractivity contribution in [2.24, 2.45) is 0 Å². The predicted molar refractivity (Wildman–Crippen MR) is 91.7 cm³/mol. The monoisotopic (exact) mass is 326 g/mol. The van der Waals surface area contributed by atoms with Crippen LogP contribution in [-0.2, 0) is 11.2 Å². The Morgan fingerprint density at radius 2 is 2.30 bits per heavy atom. The lowest BCUT2D eigenvalue weighted by Gasteiger charge is -2.11. The highest BCUT2D eigenvalue weighted by molar-refractivity contribution is 7.15. The van der Waals surface area contributed by atoms with Gasteiger partial charge in [0.1, 0.15) is 6.04 Å². The quantitative estimate of drug-likeness (QED) is 0.781. The van der Waals surface area contributed by atoms with Crippen molar-refractivity contribution >= 4 is 22.4 Å². The molecule has 6 heteroatoms. The summed E-state index contributed by atoms with van der Waals surface area (Å²) in [6.45, 7) is 3.91. The summed E-state index contributed by atoms with van der Waals surface area (Å²) < 4.78 is 1.76. The number of hydrogen-bond acceptors (Lipinski definition) is 4. The number of anilines is 1. The highest BCUT2D eigenvalue weighted by Crippen LogP contribution is 2.22. The molecule has 5 nitrogen and oxygen atoms in total. The summed E-state index contributed by atoms with van der Waals surface area (Å²) in [7, 11) is 0. The van der Waals surface area contributed by atoms with E-state index in [1.54, 1.807) is 23.3 Å². The number of carbonyl (C=O) groups is 1. The average molecular weight is 326 g/mol. The van der Waals surface area contributed by atoms with Gasteiger partial charge >= 0.3 is 0 Å². The number of aryl methyl sites for hydroxylation is 1. The fourth-order valence-corrected chi connectivity index (χ4v) is 3.16. The van der Waals surface area contributed by atoms with E-state index in [9.17, 15) is 4.79 Å². The third kappa shape index (κ3) is 3.84. The Morgan fingerprint density at radius 1 is 1.43 bits per heavy atom. The molecule has 3 rings (SSSR count). The van der Waals surface area contributed by atoms with E-state index in [4.69, 9.17) is 0 Å². The molecule has 1 atom stereocenters. The van der Waals surface area contributed by atoms with Crippen LogP contribution in [0.25, 0.3) is 0 Å². The fourth-order valence-electron chi connectivity index (χ4n) is 2.31. The molecule has 3 aromatic rings. The number of rotatable bonds is 5. The summed E-state index contributed by atoms with van der Waals surface area (Å²) in [4.78, 5) is 21.6. The first-order valence-corrected chi connectivity index (χ1v) is 8.22. The van der Waals surface area contributed by atoms with E-state index in [0.29, 0.717) is 5.13 Å². The zero-order chi connectivity index (χ0) is 16.2. The molecule has 2 heterocycles. The zero-order valence-corrected chi connectivity index (χ0v) is 13.9. The van der Waals surface area contributed by atoms with Gasteiger partial charge in [-0.25, -0.2) is 9.97 Å². The number of nitrogens with one attached hydrogen (secondary N) is 1. The smallest absolute Gasteiger partial charge is 0.248 e.